The summed E-state index contributed by atoms with van der Waals surface area (Å²) in [5, 5.41) is 0. The van der Waals surface area contributed by atoms with Gasteiger partial charge in [-0.05, 0) is 29.2 Å². The number of rotatable bonds is 0. The molecule has 0 bridgehead atoms. The quantitative estimate of drug-likeness (QED) is 0.632. The van der Waals surface area contributed by atoms with Crippen LogP contribution in [-0.2, 0) is 5.41 Å². The van der Waals surface area contributed by atoms with Crippen LogP contribution in [0.15, 0.2) is 30.6 Å². The second kappa shape index (κ2) is 3.05. The van der Waals surface area contributed by atoms with Gasteiger partial charge >= 0.3 is 0 Å². The monoisotopic (exact) mass is 186 g/mol. The van der Waals surface area contributed by atoms with Crippen molar-refractivity contribution < 1.29 is 0 Å². The first-order valence-corrected chi connectivity index (χ1v) is 4.79. The van der Waals surface area contributed by atoms with E-state index in [4.69, 9.17) is 0 Å². The highest BCUT2D eigenvalue weighted by Crippen LogP contribution is 2.26. The fraction of sp³-hybridized carbons (Fsp3) is 0.333. The Morgan fingerprint density at radius 1 is 1.00 bits per heavy atom. The molecule has 0 spiro atoms. The van der Waals surface area contributed by atoms with Gasteiger partial charge in [-0.15, -0.1) is 0 Å². The van der Waals surface area contributed by atoms with Gasteiger partial charge in [0, 0.05) is 12.4 Å². The van der Waals surface area contributed by atoms with Crippen LogP contribution >= 0.6 is 0 Å². The van der Waals surface area contributed by atoms with Gasteiger partial charge in [0.1, 0.15) is 0 Å². The highest BCUT2D eigenvalue weighted by Gasteiger charge is 2.17. The Kier molecular flexibility index (Phi) is 1.99. The third-order valence-corrected chi connectivity index (χ3v) is 2.30. The molecule has 0 aliphatic heterocycles. The zero-order valence-electron chi connectivity index (χ0n) is 8.78. The van der Waals surface area contributed by atoms with E-state index in [1.165, 1.54) is 5.56 Å². The van der Waals surface area contributed by atoms with Crippen molar-refractivity contribution in [3.8, 4) is 0 Å². The normalized spacial score (nSPS) is 11.9. The van der Waals surface area contributed by atoms with Gasteiger partial charge in [-0.3, -0.25) is 9.97 Å². The van der Waals surface area contributed by atoms with E-state index in [1.54, 1.807) is 0 Å². The maximum absolute atomic E-state index is 4.39. The van der Waals surface area contributed by atoms with Crippen LogP contribution in [0.2, 0.25) is 0 Å². The van der Waals surface area contributed by atoms with E-state index >= 15 is 0 Å². The van der Waals surface area contributed by atoms with Gasteiger partial charge in [-0.2, -0.15) is 0 Å². The molecular formula is C12H14N2. The number of nitrogens with zero attached hydrogens (tertiary/aromatic N) is 2. The summed E-state index contributed by atoms with van der Waals surface area (Å²) < 4.78 is 0. The van der Waals surface area contributed by atoms with Crippen LogP contribution < -0.4 is 0 Å². The van der Waals surface area contributed by atoms with E-state index < -0.39 is 0 Å². The maximum atomic E-state index is 4.39. The lowest BCUT2D eigenvalue weighted by atomic mass is 9.86. The summed E-state index contributed by atoms with van der Waals surface area (Å²) >= 11 is 0. The van der Waals surface area contributed by atoms with Gasteiger partial charge in [0.15, 0.2) is 0 Å². The lowest BCUT2D eigenvalue weighted by Gasteiger charge is -2.19. The van der Waals surface area contributed by atoms with Crippen molar-refractivity contribution >= 4 is 11.0 Å². The number of hydrogen-bond acceptors (Lipinski definition) is 2. The van der Waals surface area contributed by atoms with Crippen molar-refractivity contribution in [1.29, 1.82) is 0 Å². The molecule has 0 N–H and O–H groups in total. The molecule has 14 heavy (non-hydrogen) atoms. The Hall–Kier alpha value is -1.44. The van der Waals surface area contributed by atoms with Gasteiger partial charge in [-0.1, -0.05) is 20.8 Å². The second-order valence-corrected chi connectivity index (χ2v) is 4.48. The highest BCUT2D eigenvalue weighted by molar-refractivity contribution is 5.78. The second-order valence-electron chi connectivity index (χ2n) is 4.48. The first-order valence-electron chi connectivity index (χ1n) is 4.79. The van der Waals surface area contributed by atoms with Crippen molar-refractivity contribution in [1.82, 2.24) is 9.97 Å². The maximum Gasteiger partial charge on any atom is 0.0923 e. The van der Waals surface area contributed by atoms with Crippen LogP contribution in [0.3, 0.4) is 0 Å². The molecule has 0 aromatic carbocycles. The van der Waals surface area contributed by atoms with Gasteiger partial charge in [0.25, 0.3) is 0 Å². The summed E-state index contributed by atoms with van der Waals surface area (Å²) in [4.78, 5) is 8.68. The standard InChI is InChI=1S/C12H14N2/c1-12(2,3)9-6-8-13-10-5-4-7-14-11(9)10/h4-8H,1-3H3. The van der Waals surface area contributed by atoms with E-state index in [2.05, 4.69) is 36.8 Å². The summed E-state index contributed by atoms with van der Waals surface area (Å²) in [6, 6.07) is 5.97. The Morgan fingerprint density at radius 3 is 2.50 bits per heavy atom. The molecule has 0 atom stereocenters. The largest absolute Gasteiger partial charge is 0.255 e. The van der Waals surface area contributed by atoms with Gasteiger partial charge < -0.3 is 0 Å². The lowest BCUT2D eigenvalue weighted by Crippen LogP contribution is -2.12. The number of fused-ring (bicyclic) bond motifs is 1. The molecule has 2 nitrogen and oxygen atoms in total. The first kappa shape index (κ1) is 9.13. The molecule has 2 rings (SSSR count). The van der Waals surface area contributed by atoms with E-state index in [9.17, 15) is 0 Å². The third-order valence-electron chi connectivity index (χ3n) is 2.30. The number of aromatic nitrogens is 2. The van der Waals surface area contributed by atoms with Crippen LogP contribution in [0.4, 0.5) is 0 Å². The van der Waals surface area contributed by atoms with Gasteiger partial charge in [-0.25, -0.2) is 0 Å². The van der Waals surface area contributed by atoms with Crippen molar-refractivity contribution in [2.45, 2.75) is 26.2 Å². The van der Waals surface area contributed by atoms with Crippen LogP contribution in [0.5, 0.6) is 0 Å². The molecule has 2 heterocycles. The Balaban J connectivity index is 2.78. The number of pyridine rings is 2. The lowest BCUT2D eigenvalue weighted by molar-refractivity contribution is 0.594. The molecule has 0 saturated carbocycles. The molecule has 0 aliphatic rings. The fourth-order valence-corrected chi connectivity index (χ4v) is 1.58. The minimum Gasteiger partial charge on any atom is -0.255 e. The van der Waals surface area contributed by atoms with Crippen LogP contribution in [-0.4, -0.2) is 9.97 Å². The van der Waals surface area contributed by atoms with Crippen LogP contribution in [0.25, 0.3) is 11.0 Å². The molecule has 0 fully saturated rings. The van der Waals surface area contributed by atoms with Crippen LogP contribution in [0, 0.1) is 0 Å². The molecule has 0 amide bonds. The van der Waals surface area contributed by atoms with E-state index in [0.29, 0.717) is 0 Å². The van der Waals surface area contributed by atoms with Crippen LogP contribution in [0.1, 0.15) is 26.3 Å². The first-order chi connectivity index (χ1) is 6.59. The third kappa shape index (κ3) is 1.48. The van der Waals surface area contributed by atoms with Crippen molar-refractivity contribution in [3.05, 3.63) is 36.2 Å². The fourth-order valence-electron chi connectivity index (χ4n) is 1.58. The van der Waals surface area contributed by atoms with E-state index in [1.807, 2.05) is 24.5 Å². The Labute approximate surface area is 84.0 Å². The van der Waals surface area contributed by atoms with Gasteiger partial charge in [0.2, 0.25) is 0 Å². The summed E-state index contributed by atoms with van der Waals surface area (Å²) in [6.45, 7) is 6.57. The molecule has 2 aromatic heterocycles. The van der Waals surface area contributed by atoms with Crippen molar-refractivity contribution in [2.75, 3.05) is 0 Å². The molecule has 2 aromatic rings. The topological polar surface area (TPSA) is 25.8 Å². The highest BCUT2D eigenvalue weighted by atomic mass is 14.7. The minimum atomic E-state index is 0.121. The minimum absolute atomic E-state index is 0.121. The predicted octanol–water partition coefficient (Wildman–Crippen LogP) is 2.93. The summed E-state index contributed by atoms with van der Waals surface area (Å²) in [6.07, 6.45) is 3.67. The summed E-state index contributed by atoms with van der Waals surface area (Å²) in [7, 11) is 0. The molecule has 0 radical (unpaired) electrons. The van der Waals surface area contributed by atoms with E-state index in [-0.39, 0.29) is 5.41 Å². The molecule has 0 saturated heterocycles. The average Bonchev–Trinajstić information content (AvgIpc) is 2.15. The smallest absolute Gasteiger partial charge is 0.0923 e. The Bertz CT molecular complexity index is 450. The zero-order valence-corrected chi connectivity index (χ0v) is 8.78. The average molecular weight is 186 g/mol. The Morgan fingerprint density at radius 2 is 1.79 bits per heavy atom. The molecule has 72 valence electrons. The predicted molar refractivity (Wildman–Crippen MR) is 58.2 cm³/mol. The molecular weight excluding hydrogens is 172 g/mol. The summed E-state index contributed by atoms with van der Waals surface area (Å²) in [5.41, 5.74) is 3.36. The van der Waals surface area contributed by atoms with Gasteiger partial charge in [0.05, 0.1) is 11.0 Å². The van der Waals surface area contributed by atoms with Crippen molar-refractivity contribution in [2.24, 2.45) is 0 Å². The molecule has 0 aliphatic carbocycles. The molecule has 0 unspecified atom stereocenters. The van der Waals surface area contributed by atoms with Crippen molar-refractivity contribution in [3.63, 3.8) is 0 Å². The molecule has 2 heteroatoms. The SMILES string of the molecule is CC(C)(C)c1ccnc2cccnc12. The zero-order chi connectivity index (χ0) is 10.2. The van der Waals surface area contributed by atoms with E-state index in [0.717, 1.165) is 11.0 Å². The number of hydrogen-bond donors (Lipinski definition) is 0. The summed E-state index contributed by atoms with van der Waals surface area (Å²) in [5.74, 6) is 0.